The van der Waals surface area contributed by atoms with Crippen molar-refractivity contribution in [2.45, 2.75) is 17.4 Å². The van der Waals surface area contributed by atoms with Gasteiger partial charge in [-0.2, -0.15) is 0 Å². The first kappa shape index (κ1) is 19.1. The number of aromatic amines is 1. The number of thioether (sulfide) groups is 1. The zero-order valence-electron chi connectivity index (χ0n) is 14.1. The molecule has 7 heteroatoms. The van der Waals surface area contributed by atoms with Gasteiger partial charge in [0.05, 0.1) is 0 Å². The standard InChI is InChI=1S/C19H18Cl2N2O2S/c1-26-16-6-4-15(5-7-16)24-12-25-18(19-22-8-9-23-19)10-13-2-3-14(20)11-17(13)21/h2-9,11,18H,10,12H2,1H3,(H,22,23). The number of nitrogens with zero attached hydrogens (tertiary/aromatic N) is 1. The fourth-order valence-corrected chi connectivity index (χ4v) is 3.33. The summed E-state index contributed by atoms with van der Waals surface area (Å²) in [6.07, 6.45) is 5.73. The van der Waals surface area contributed by atoms with Gasteiger partial charge in [-0.3, -0.25) is 0 Å². The third-order valence-electron chi connectivity index (χ3n) is 3.80. The molecule has 1 unspecified atom stereocenters. The molecule has 1 heterocycles. The van der Waals surface area contributed by atoms with Crippen molar-refractivity contribution in [1.29, 1.82) is 0 Å². The Hall–Kier alpha value is -1.66. The van der Waals surface area contributed by atoms with Crippen molar-refractivity contribution in [3.8, 4) is 5.75 Å². The summed E-state index contributed by atoms with van der Waals surface area (Å²) in [7, 11) is 0. The van der Waals surface area contributed by atoms with Crippen LogP contribution in [0.1, 0.15) is 17.5 Å². The van der Waals surface area contributed by atoms with Crippen LogP contribution in [0.25, 0.3) is 0 Å². The Balaban J connectivity index is 1.64. The van der Waals surface area contributed by atoms with E-state index in [1.165, 1.54) is 4.90 Å². The van der Waals surface area contributed by atoms with Crippen molar-refractivity contribution in [1.82, 2.24) is 9.97 Å². The Morgan fingerprint density at radius 3 is 2.62 bits per heavy atom. The Morgan fingerprint density at radius 1 is 1.15 bits per heavy atom. The van der Waals surface area contributed by atoms with Crippen LogP contribution in [0.15, 0.2) is 59.8 Å². The van der Waals surface area contributed by atoms with Gasteiger partial charge < -0.3 is 14.5 Å². The summed E-state index contributed by atoms with van der Waals surface area (Å²) in [6, 6.07) is 13.3. The summed E-state index contributed by atoms with van der Waals surface area (Å²) in [5.41, 5.74) is 0.932. The van der Waals surface area contributed by atoms with Crippen molar-refractivity contribution in [3.05, 3.63) is 76.3 Å². The maximum absolute atomic E-state index is 6.29. The van der Waals surface area contributed by atoms with Gasteiger partial charge in [-0.05, 0) is 48.2 Å². The van der Waals surface area contributed by atoms with Crippen LogP contribution >= 0.6 is 35.0 Å². The lowest BCUT2D eigenvalue weighted by molar-refractivity contribution is -0.0406. The molecule has 0 saturated heterocycles. The molecule has 0 spiro atoms. The van der Waals surface area contributed by atoms with E-state index in [-0.39, 0.29) is 12.9 Å². The molecule has 0 aliphatic heterocycles. The number of hydrogen-bond acceptors (Lipinski definition) is 4. The maximum Gasteiger partial charge on any atom is 0.189 e. The molecule has 4 nitrogen and oxygen atoms in total. The zero-order valence-corrected chi connectivity index (χ0v) is 16.4. The largest absolute Gasteiger partial charge is 0.468 e. The number of halogens is 2. The summed E-state index contributed by atoms with van der Waals surface area (Å²) in [5, 5.41) is 1.21. The first-order chi connectivity index (χ1) is 12.7. The molecular weight excluding hydrogens is 391 g/mol. The molecule has 0 saturated carbocycles. The number of H-pyrrole nitrogens is 1. The van der Waals surface area contributed by atoms with E-state index in [0.29, 0.717) is 16.5 Å². The fourth-order valence-electron chi connectivity index (χ4n) is 2.43. The zero-order chi connectivity index (χ0) is 18.4. The van der Waals surface area contributed by atoms with Gasteiger partial charge in [0, 0.05) is 33.8 Å². The first-order valence-electron chi connectivity index (χ1n) is 7.97. The molecule has 0 radical (unpaired) electrons. The van der Waals surface area contributed by atoms with E-state index in [4.69, 9.17) is 32.7 Å². The Kier molecular flexibility index (Phi) is 6.86. The molecule has 0 aliphatic carbocycles. The van der Waals surface area contributed by atoms with Crippen LogP contribution in [0, 0.1) is 0 Å². The molecule has 3 rings (SSSR count). The van der Waals surface area contributed by atoms with Crippen molar-refractivity contribution in [2.24, 2.45) is 0 Å². The molecule has 0 amide bonds. The smallest absolute Gasteiger partial charge is 0.189 e. The monoisotopic (exact) mass is 408 g/mol. The summed E-state index contributed by atoms with van der Waals surface area (Å²) < 4.78 is 11.6. The second-order valence-corrected chi connectivity index (χ2v) is 7.23. The van der Waals surface area contributed by atoms with Gasteiger partial charge in [0.15, 0.2) is 6.79 Å². The van der Waals surface area contributed by atoms with E-state index in [2.05, 4.69) is 9.97 Å². The van der Waals surface area contributed by atoms with Crippen molar-refractivity contribution in [2.75, 3.05) is 13.0 Å². The topological polar surface area (TPSA) is 47.1 Å². The summed E-state index contributed by atoms with van der Waals surface area (Å²) in [4.78, 5) is 8.57. The Bertz CT molecular complexity index is 826. The van der Waals surface area contributed by atoms with Gasteiger partial charge in [0.1, 0.15) is 17.7 Å². The van der Waals surface area contributed by atoms with Crippen LogP contribution in [0.4, 0.5) is 0 Å². The van der Waals surface area contributed by atoms with Crippen molar-refractivity contribution in [3.63, 3.8) is 0 Å². The molecular formula is C19H18Cl2N2O2S. The molecule has 1 N–H and O–H groups in total. The van der Waals surface area contributed by atoms with E-state index in [0.717, 1.165) is 17.1 Å². The van der Waals surface area contributed by atoms with Crippen LogP contribution in [0.3, 0.4) is 0 Å². The molecule has 0 bridgehead atoms. The van der Waals surface area contributed by atoms with Crippen LogP contribution in [-0.2, 0) is 11.2 Å². The minimum Gasteiger partial charge on any atom is -0.468 e. The van der Waals surface area contributed by atoms with Crippen LogP contribution in [0.5, 0.6) is 5.75 Å². The van der Waals surface area contributed by atoms with Crippen LogP contribution in [-0.4, -0.2) is 23.0 Å². The lowest BCUT2D eigenvalue weighted by atomic mass is 10.1. The minimum absolute atomic E-state index is 0.106. The average molecular weight is 409 g/mol. The highest BCUT2D eigenvalue weighted by atomic mass is 35.5. The van der Waals surface area contributed by atoms with Gasteiger partial charge in [-0.15, -0.1) is 11.8 Å². The second kappa shape index (κ2) is 9.33. The SMILES string of the molecule is CSc1ccc(OCOC(Cc2ccc(Cl)cc2Cl)c2ncc[nH]2)cc1. The third kappa shape index (κ3) is 5.17. The van der Waals surface area contributed by atoms with E-state index >= 15 is 0 Å². The summed E-state index contributed by atoms with van der Waals surface area (Å²) >= 11 is 13.9. The molecule has 0 aliphatic rings. The number of benzene rings is 2. The van der Waals surface area contributed by atoms with Crippen LogP contribution in [0.2, 0.25) is 10.0 Å². The molecule has 136 valence electrons. The predicted octanol–water partition coefficient (Wildman–Crippen LogP) is 5.78. The van der Waals surface area contributed by atoms with Gasteiger partial charge in [0.25, 0.3) is 0 Å². The lowest BCUT2D eigenvalue weighted by Crippen LogP contribution is -2.14. The minimum atomic E-state index is -0.311. The number of imidazole rings is 1. The molecule has 3 aromatic rings. The molecule has 1 aromatic heterocycles. The molecule has 2 aromatic carbocycles. The molecule has 0 fully saturated rings. The van der Waals surface area contributed by atoms with E-state index in [1.54, 1.807) is 30.2 Å². The van der Waals surface area contributed by atoms with Gasteiger partial charge in [0.2, 0.25) is 0 Å². The number of ether oxygens (including phenoxy) is 2. The second-order valence-electron chi connectivity index (χ2n) is 5.51. The highest BCUT2D eigenvalue weighted by molar-refractivity contribution is 7.98. The molecule has 26 heavy (non-hydrogen) atoms. The third-order valence-corrected chi connectivity index (χ3v) is 5.13. The number of hydrogen-bond donors (Lipinski definition) is 1. The van der Waals surface area contributed by atoms with E-state index < -0.39 is 0 Å². The lowest BCUT2D eigenvalue weighted by Gasteiger charge is -2.17. The normalized spacial score (nSPS) is 12.1. The number of nitrogens with one attached hydrogen (secondary N) is 1. The van der Waals surface area contributed by atoms with E-state index in [9.17, 15) is 0 Å². The highest BCUT2D eigenvalue weighted by Crippen LogP contribution is 2.27. The van der Waals surface area contributed by atoms with Crippen molar-refractivity contribution < 1.29 is 9.47 Å². The summed E-state index contributed by atoms with van der Waals surface area (Å²) in [6.45, 7) is 0.106. The van der Waals surface area contributed by atoms with E-state index in [1.807, 2.05) is 42.7 Å². The van der Waals surface area contributed by atoms with Gasteiger partial charge >= 0.3 is 0 Å². The van der Waals surface area contributed by atoms with Crippen LogP contribution < -0.4 is 4.74 Å². The Morgan fingerprint density at radius 2 is 1.96 bits per heavy atom. The fraction of sp³-hybridized carbons (Fsp3) is 0.211. The summed E-state index contributed by atoms with van der Waals surface area (Å²) in [5.74, 6) is 1.47. The Labute approximate surface area is 166 Å². The number of rotatable bonds is 8. The quantitative estimate of drug-likeness (QED) is 0.379. The predicted molar refractivity (Wildman–Crippen MR) is 106 cm³/mol. The number of aromatic nitrogens is 2. The first-order valence-corrected chi connectivity index (χ1v) is 9.95. The highest BCUT2D eigenvalue weighted by Gasteiger charge is 2.17. The van der Waals surface area contributed by atoms with Gasteiger partial charge in [-0.25, -0.2) is 4.98 Å². The maximum atomic E-state index is 6.29. The van der Waals surface area contributed by atoms with Crippen molar-refractivity contribution >= 4 is 35.0 Å². The molecule has 1 atom stereocenters. The average Bonchev–Trinajstić information content (AvgIpc) is 3.18. The van der Waals surface area contributed by atoms with Gasteiger partial charge in [-0.1, -0.05) is 29.3 Å².